The van der Waals surface area contributed by atoms with Gasteiger partial charge in [-0.2, -0.15) is 0 Å². The predicted molar refractivity (Wildman–Crippen MR) is 48.4 cm³/mol. The van der Waals surface area contributed by atoms with Crippen molar-refractivity contribution in [2.24, 2.45) is 0 Å². The lowest BCUT2D eigenvalue weighted by molar-refractivity contribution is -0.285. The molecule has 5 heteroatoms. The minimum Gasteiger partial charge on any atom is -0.393 e. The molecule has 0 aromatic heterocycles. The number of aliphatic hydroxyl groups is 3. The second kappa shape index (κ2) is 4.12. The summed E-state index contributed by atoms with van der Waals surface area (Å²) in [7, 11) is 0. The van der Waals surface area contributed by atoms with Crippen LogP contribution < -0.4 is 0 Å². The lowest BCUT2D eigenvalue weighted by Gasteiger charge is -2.27. The van der Waals surface area contributed by atoms with Gasteiger partial charge in [-0.1, -0.05) is 0 Å². The summed E-state index contributed by atoms with van der Waals surface area (Å²) in [6.45, 7) is 2.53. The van der Waals surface area contributed by atoms with Crippen LogP contribution in [0.4, 0.5) is 0 Å². The summed E-state index contributed by atoms with van der Waals surface area (Å²) in [5.41, 5.74) is -0.907. The van der Waals surface area contributed by atoms with Gasteiger partial charge >= 0.3 is 0 Å². The van der Waals surface area contributed by atoms with Crippen LogP contribution in [0.1, 0.15) is 26.7 Å². The van der Waals surface area contributed by atoms with Crippen LogP contribution in [0.15, 0.2) is 0 Å². The lowest BCUT2D eigenvalue weighted by Crippen LogP contribution is -2.39. The van der Waals surface area contributed by atoms with Gasteiger partial charge in [0, 0.05) is 6.42 Å². The second-order valence-electron chi connectivity index (χ2n) is 4.15. The molecule has 14 heavy (non-hydrogen) atoms. The van der Waals surface area contributed by atoms with Gasteiger partial charge in [0.2, 0.25) is 0 Å². The van der Waals surface area contributed by atoms with Crippen LogP contribution in [0.25, 0.3) is 0 Å². The molecular weight excluding hydrogens is 188 g/mol. The monoisotopic (exact) mass is 206 g/mol. The number of rotatable bonds is 4. The Kier molecular flexibility index (Phi) is 3.49. The van der Waals surface area contributed by atoms with Crippen molar-refractivity contribution in [2.45, 2.75) is 44.4 Å². The van der Waals surface area contributed by atoms with Crippen LogP contribution >= 0.6 is 0 Å². The zero-order chi connectivity index (χ0) is 10.8. The van der Waals surface area contributed by atoms with Crippen LogP contribution in [0.3, 0.4) is 0 Å². The molecule has 5 nitrogen and oxygen atoms in total. The van der Waals surface area contributed by atoms with E-state index >= 15 is 0 Å². The van der Waals surface area contributed by atoms with Crippen LogP contribution in [-0.4, -0.2) is 46.2 Å². The van der Waals surface area contributed by atoms with Crippen molar-refractivity contribution in [3.05, 3.63) is 0 Å². The van der Waals surface area contributed by atoms with Crippen LogP contribution in [0.5, 0.6) is 0 Å². The first-order valence-electron chi connectivity index (χ1n) is 4.70. The van der Waals surface area contributed by atoms with Gasteiger partial charge in [0.25, 0.3) is 0 Å². The highest BCUT2D eigenvalue weighted by atomic mass is 16.8. The van der Waals surface area contributed by atoms with Crippen molar-refractivity contribution < 1.29 is 24.8 Å². The molecule has 0 aromatic rings. The minimum absolute atomic E-state index is 0.241. The quantitative estimate of drug-likeness (QED) is 0.545. The maximum absolute atomic E-state index is 9.37. The second-order valence-corrected chi connectivity index (χ2v) is 4.15. The van der Waals surface area contributed by atoms with E-state index in [1.165, 1.54) is 13.8 Å². The molecule has 0 bridgehead atoms. The van der Waals surface area contributed by atoms with Crippen molar-refractivity contribution in [3.63, 3.8) is 0 Å². The standard InChI is InChI=1S/C9H18O5/c1-8(2,12)13-7-3-4-9(5-10,6-11)14-7/h7,10-12H,3-6H2,1-2H3. The highest BCUT2D eigenvalue weighted by Crippen LogP contribution is 2.31. The maximum Gasteiger partial charge on any atom is 0.162 e. The zero-order valence-corrected chi connectivity index (χ0v) is 8.56. The van der Waals surface area contributed by atoms with E-state index in [4.69, 9.17) is 19.7 Å². The molecule has 0 aromatic carbocycles. The first-order valence-corrected chi connectivity index (χ1v) is 4.70. The fraction of sp³-hybridized carbons (Fsp3) is 1.00. The van der Waals surface area contributed by atoms with Gasteiger partial charge in [-0.25, -0.2) is 0 Å². The minimum atomic E-state index is -1.26. The van der Waals surface area contributed by atoms with E-state index in [1.807, 2.05) is 0 Å². The molecule has 1 unspecified atom stereocenters. The van der Waals surface area contributed by atoms with E-state index in [9.17, 15) is 5.11 Å². The molecule has 1 aliphatic rings. The molecule has 0 amide bonds. The Morgan fingerprint density at radius 2 is 2.00 bits per heavy atom. The largest absolute Gasteiger partial charge is 0.393 e. The number of aliphatic hydroxyl groups excluding tert-OH is 2. The summed E-state index contributed by atoms with van der Waals surface area (Å²) in [5, 5.41) is 27.4. The third-order valence-corrected chi connectivity index (χ3v) is 2.21. The van der Waals surface area contributed by atoms with E-state index in [2.05, 4.69) is 0 Å². The van der Waals surface area contributed by atoms with Crippen molar-refractivity contribution >= 4 is 0 Å². The molecule has 3 N–H and O–H groups in total. The van der Waals surface area contributed by atoms with Crippen LogP contribution in [-0.2, 0) is 9.47 Å². The first-order chi connectivity index (χ1) is 6.41. The fourth-order valence-corrected chi connectivity index (χ4v) is 1.46. The number of ether oxygens (including phenoxy) is 2. The Bertz CT molecular complexity index is 182. The van der Waals surface area contributed by atoms with E-state index < -0.39 is 17.7 Å². The smallest absolute Gasteiger partial charge is 0.162 e. The first kappa shape index (κ1) is 11.9. The Balaban J connectivity index is 2.48. The molecule has 1 aliphatic heterocycles. The molecule has 84 valence electrons. The van der Waals surface area contributed by atoms with E-state index in [1.54, 1.807) is 0 Å². The molecule has 1 saturated heterocycles. The Morgan fingerprint density at radius 1 is 1.43 bits per heavy atom. The summed E-state index contributed by atoms with van der Waals surface area (Å²) in [4.78, 5) is 0. The third kappa shape index (κ3) is 2.90. The van der Waals surface area contributed by atoms with Crippen molar-refractivity contribution in [3.8, 4) is 0 Å². The Labute approximate surface area is 83.3 Å². The summed E-state index contributed by atoms with van der Waals surface area (Å²) < 4.78 is 10.5. The molecule has 0 radical (unpaired) electrons. The summed E-state index contributed by atoms with van der Waals surface area (Å²) in [6.07, 6.45) is 0.528. The third-order valence-electron chi connectivity index (χ3n) is 2.21. The number of hydrogen-bond acceptors (Lipinski definition) is 5. The lowest BCUT2D eigenvalue weighted by atomic mass is 10.0. The van der Waals surface area contributed by atoms with Gasteiger partial charge in [0.15, 0.2) is 12.1 Å². The highest BCUT2D eigenvalue weighted by molar-refractivity contribution is 4.85. The van der Waals surface area contributed by atoms with E-state index in [0.717, 1.165) is 0 Å². The Morgan fingerprint density at radius 3 is 2.36 bits per heavy atom. The molecule has 1 heterocycles. The van der Waals surface area contributed by atoms with Crippen molar-refractivity contribution in [1.29, 1.82) is 0 Å². The van der Waals surface area contributed by atoms with E-state index in [0.29, 0.717) is 12.8 Å². The van der Waals surface area contributed by atoms with Gasteiger partial charge in [0.1, 0.15) is 5.60 Å². The normalized spacial score (nSPS) is 26.8. The van der Waals surface area contributed by atoms with Gasteiger partial charge < -0.3 is 24.8 Å². The summed E-state index contributed by atoms with van der Waals surface area (Å²) in [5.74, 6) is -1.26. The zero-order valence-electron chi connectivity index (χ0n) is 8.56. The molecular formula is C9H18O5. The molecule has 1 fully saturated rings. The van der Waals surface area contributed by atoms with Gasteiger partial charge in [-0.05, 0) is 20.3 Å². The molecule has 0 aliphatic carbocycles. The van der Waals surface area contributed by atoms with Crippen molar-refractivity contribution in [2.75, 3.05) is 13.2 Å². The van der Waals surface area contributed by atoms with Gasteiger partial charge in [0.05, 0.1) is 13.2 Å². The average Bonchev–Trinajstić information content (AvgIpc) is 2.46. The number of hydrogen-bond donors (Lipinski definition) is 3. The SMILES string of the molecule is CC(C)(O)OC1CCC(CO)(CO)O1. The topological polar surface area (TPSA) is 79.2 Å². The average molecular weight is 206 g/mol. The predicted octanol–water partition coefficient (Wildman–Crippen LogP) is -0.409. The van der Waals surface area contributed by atoms with Crippen LogP contribution in [0.2, 0.25) is 0 Å². The van der Waals surface area contributed by atoms with Gasteiger partial charge in [-0.15, -0.1) is 0 Å². The fourth-order valence-electron chi connectivity index (χ4n) is 1.46. The van der Waals surface area contributed by atoms with Crippen molar-refractivity contribution in [1.82, 2.24) is 0 Å². The Hall–Kier alpha value is -0.200. The summed E-state index contributed by atoms with van der Waals surface area (Å²) >= 11 is 0. The summed E-state index contributed by atoms with van der Waals surface area (Å²) in [6, 6.07) is 0. The van der Waals surface area contributed by atoms with Gasteiger partial charge in [-0.3, -0.25) is 0 Å². The van der Waals surface area contributed by atoms with E-state index in [-0.39, 0.29) is 13.2 Å². The molecule has 1 rings (SSSR count). The highest BCUT2D eigenvalue weighted by Gasteiger charge is 2.41. The molecule has 1 atom stereocenters. The maximum atomic E-state index is 9.37. The molecule has 0 saturated carbocycles. The van der Waals surface area contributed by atoms with Crippen LogP contribution in [0, 0.1) is 0 Å². The molecule has 0 spiro atoms.